The lowest BCUT2D eigenvalue weighted by Crippen LogP contribution is -2.59. The summed E-state index contributed by atoms with van der Waals surface area (Å²) in [7, 11) is 1.70. The van der Waals surface area contributed by atoms with Gasteiger partial charge in [-0.1, -0.05) is 126 Å². The van der Waals surface area contributed by atoms with Gasteiger partial charge in [0.25, 0.3) is 0 Å². The van der Waals surface area contributed by atoms with Crippen molar-refractivity contribution in [1.29, 1.82) is 0 Å². The minimum Gasteiger partial charge on any atom is -0.342 e. The number of nitrogens with one attached hydrogen (secondary N) is 4. The summed E-state index contributed by atoms with van der Waals surface area (Å²) in [6, 6.07) is 24.1. The number of nitrogens with zero attached hydrogens (tertiary/aromatic N) is 4. The predicted molar refractivity (Wildman–Crippen MR) is 275 cm³/mol. The van der Waals surface area contributed by atoms with Crippen LogP contribution in [-0.2, 0) is 54.7 Å². The maximum Gasteiger partial charge on any atom is 0.246 e. The molecule has 3 aromatic carbocycles. The van der Waals surface area contributed by atoms with Crippen LogP contribution in [0.1, 0.15) is 103 Å². The maximum absolute atomic E-state index is 14.7. The van der Waals surface area contributed by atoms with Gasteiger partial charge in [0.2, 0.25) is 35.4 Å². The molecule has 0 aliphatic carbocycles. The minimum absolute atomic E-state index is 0.128. The third-order valence-corrected chi connectivity index (χ3v) is 14.2. The fourth-order valence-corrected chi connectivity index (χ4v) is 9.17. The first kappa shape index (κ1) is 54.1. The van der Waals surface area contributed by atoms with Crippen molar-refractivity contribution in [3.05, 3.63) is 107 Å². The van der Waals surface area contributed by atoms with E-state index in [0.29, 0.717) is 77.8 Å². The molecule has 2 aliphatic rings. The van der Waals surface area contributed by atoms with Gasteiger partial charge in [0, 0.05) is 62.1 Å². The molecular formula is C53H75IN8O6. The summed E-state index contributed by atoms with van der Waals surface area (Å²) in [5.74, 6) is -1.33. The second-order valence-corrected chi connectivity index (χ2v) is 21.3. The Morgan fingerprint density at radius 3 is 1.29 bits per heavy atom. The standard InChI is InChI=1S/C53H75IN8O6/c1-36(55-9)46(63)56-44(52(3,4)5)50(67)61-30-16-22-42(61)48(65)59(32-28-38-18-12-10-13-19-38)34-40-24-26-41(27-25-40)35-60(33-29-39-20-14-11-15-21-39)49(66)43-23-17-31-62(43)51(68)45(53(6,7)8)57-47(64)37(2)58-54/h10-15,18-21,24-27,36-37,42-45,55,58H,16-17,22-23,28-35H2,1-9H3,(H,56,63)(H,57,64)/t36-,37-,42-,43-,44+,45+/m0/s1. The molecule has 0 radical (unpaired) electrons. The van der Waals surface area contributed by atoms with E-state index in [2.05, 4.69) is 19.5 Å². The van der Waals surface area contributed by atoms with Gasteiger partial charge in [-0.25, -0.2) is 3.53 Å². The SMILES string of the molecule is CN[C@@H](C)C(=O)N[C@H](C(=O)N1CCC[C@H]1C(=O)N(CCc1ccccc1)Cc1ccc(CN(CCc2ccccc2)C(=O)[C@@H]2CCCN2C(=O)[C@@H](NC(=O)[C@H](C)NI)C(C)(C)C)cc1)C(C)(C)C. The summed E-state index contributed by atoms with van der Waals surface area (Å²) in [6.45, 7) is 17.4. The highest BCUT2D eigenvalue weighted by Crippen LogP contribution is 2.29. The summed E-state index contributed by atoms with van der Waals surface area (Å²) in [5.41, 5.74) is 2.81. The Morgan fingerprint density at radius 1 is 0.588 bits per heavy atom. The zero-order chi connectivity index (χ0) is 49.8. The first-order valence-corrected chi connectivity index (χ1v) is 25.3. The molecule has 15 heteroatoms. The van der Waals surface area contributed by atoms with Gasteiger partial charge in [0.15, 0.2) is 0 Å². The number of benzene rings is 3. The zero-order valence-corrected chi connectivity index (χ0v) is 43.8. The lowest BCUT2D eigenvalue weighted by atomic mass is 9.85. The van der Waals surface area contributed by atoms with Gasteiger partial charge >= 0.3 is 0 Å². The Balaban J connectivity index is 1.37. The molecule has 0 bridgehead atoms. The third-order valence-electron chi connectivity index (χ3n) is 13.2. The molecular weight excluding hydrogens is 972 g/mol. The number of carbonyl (C=O) groups is 6. The van der Waals surface area contributed by atoms with Crippen LogP contribution in [-0.4, -0.2) is 125 Å². The summed E-state index contributed by atoms with van der Waals surface area (Å²) in [4.78, 5) is 91.3. The largest absolute Gasteiger partial charge is 0.342 e. The summed E-state index contributed by atoms with van der Waals surface area (Å²) in [6.07, 6.45) is 3.67. The maximum atomic E-state index is 14.7. The monoisotopic (exact) mass is 1050 g/mol. The molecule has 2 fully saturated rings. The van der Waals surface area contributed by atoms with Crippen LogP contribution >= 0.6 is 22.9 Å². The number of likely N-dealkylation sites (tertiary alicyclic amines) is 2. The van der Waals surface area contributed by atoms with Crippen LogP contribution in [0.15, 0.2) is 84.9 Å². The molecule has 0 saturated carbocycles. The lowest BCUT2D eigenvalue weighted by molar-refractivity contribution is -0.147. The first-order chi connectivity index (χ1) is 32.2. The van der Waals surface area contributed by atoms with Crippen molar-refractivity contribution in [2.24, 2.45) is 10.8 Å². The number of hydrogen-bond donors (Lipinski definition) is 4. The van der Waals surface area contributed by atoms with Gasteiger partial charge in [-0.2, -0.15) is 0 Å². The Kier molecular flexibility index (Phi) is 19.6. The molecule has 68 heavy (non-hydrogen) atoms. The quantitative estimate of drug-likeness (QED) is 0.0815. The van der Waals surface area contributed by atoms with Crippen LogP contribution in [0.25, 0.3) is 0 Å². The van der Waals surface area contributed by atoms with Gasteiger partial charge in [-0.3, -0.25) is 28.8 Å². The zero-order valence-electron chi connectivity index (χ0n) is 41.6. The van der Waals surface area contributed by atoms with Gasteiger partial charge in [0.05, 0.1) is 12.1 Å². The lowest BCUT2D eigenvalue weighted by Gasteiger charge is -2.37. The number of carbonyl (C=O) groups excluding carboxylic acids is 6. The van der Waals surface area contributed by atoms with Crippen molar-refractivity contribution in [2.75, 3.05) is 33.2 Å². The number of halogens is 1. The van der Waals surface area contributed by atoms with Crippen molar-refractivity contribution in [3.63, 3.8) is 0 Å². The summed E-state index contributed by atoms with van der Waals surface area (Å²) in [5, 5.41) is 8.88. The minimum atomic E-state index is -0.822. The van der Waals surface area contributed by atoms with Crippen LogP contribution in [0.2, 0.25) is 0 Å². The second-order valence-electron chi connectivity index (χ2n) is 20.6. The van der Waals surface area contributed by atoms with Crippen LogP contribution in [0.5, 0.6) is 0 Å². The number of hydrogen-bond acceptors (Lipinski definition) is 8. The smallest absolute Gasteiger partial charge is 0.246 e. The van der Waals surface area contributed by atoms with Crippen molar-refractivity contribution in [1.82, 2.24) is 39.1 Å². The van der Waals surface area contributed by atoms with Crippen molar-refractivity contribution < 1.29 is 28.8 Å². The highest BCUT2D eigenvalue weighted by atomic mass is 127. The predicted octanol–water partition coefficient (Wildman–Crippen LogP) is 5.81. The molecule has 2 heterocycles. The van der Waals surface area contributed by atoms with E-state index in [4.69, 9.17) is 0 Å². The molecule has 2 aliphatic heterocycles. The van der Waals surface area contributed by atoms with E-state index in [9.17, 15) is 28.8 Å². The Morgan fingerprint density at radius 2 is 0.956 bits per heavy atom. The van der Waals surface area contributed by atoms with Crippen LogP contribution < -0.4 is 19.5 Å². The van der Waals surface area contributed by atoms with E-state index < -0.39 is 47.1 Å². The normalized spacial score (nSPS) is 18.0. The fraction of sp³-hybridized carbons (Fsp3) is 0.547. The summed E-state index contributed by atoms with van der Waals surface area (Å²) < 4.78 is 2.91. The van der Waals surface area contributed by atoms with E-state index in [1.807, 2.05) is 159 Å². The molecule has 14 nitrogen and oxygen atoms in total. The van der Waals surface area contributed by atoms with Crippen molar-refractivity contribution in [2.45, 2.75) is 143 Å². The molecule has 370 valence electrons. The highest BCUT2D eigenvalue weighted by molar-refractivity contribution is 14.1. The second kappa shape index (κ2) is 24.6. The van der Waals surface area contributed by atoms with E-state index in [1.165, 1.54) is 0 Å². The van der Waals surface area contributed by atoms with E-state index in [0.717, 1.165) is 22.3 Å². The molecule has 6 amide bonds. The van der Waals surface area contributed by atoms with Gasteiger partial charge in [0.1, 0.15) is 24.2 Å². The summed E-state index contributed by atoms with van der Waals surface area (Å²) >= 11 is 1.93. The average Bonchev–Trinajstić information content (AvgIpc) is 4.03. The van der Waals surface area contributed by atoms with Crippen molar-refractivity contribution >= 4 is 58.3 Å². The van der Waals surface area contributed by atoms with Crippen molar-refractivity contribution in [3.8, 4) is 0 Å². The molecule has 0 spiro atoms. The van der Waals surface area contributed by atoms with Gasteiger partial charge in [-0.05, 0) is 92.5 Å². The van der Waals surface area contributed by atoms with E-state index in [1.54, 1.807) is 30.7 Å². The average molecular weight is 1050 g/mol. The molecule has 0 aromatic heterocycles. The number of rotatable bonds is 20. The van der Waals surface area contributed by atoms with Gasteiger partial charge in [-0.15, -0.1) is 0 Å². The Labute approximate surface area is 418 Å². The van der Waals surface area contributed by atoms with E-state index in [-0.39, 0.29) is 35.4 Å². The fourth-order valence-electron chi connectivity index (χ4n) is 8.88. The van der Waals surface area contributed by atoms with Gasteiger partial charge < -0.3 is 35.6 Å². The highest BCUT2D eigenvalue weighted by Gasteiger charge is 2.45. The third kappa shape index (κ3) is 14.6. The molecule has 2 saturated heterocycles. The first-order valence-electron chi connectivity index (χ1n) is 24.2. The van der Waals surface area contributed by atoms with Crippen LogP contribution in [0.4, 0.5) is 0 Å². The topological polar surface area (TPSA) is 164 Å². The number of likely N-dealkylation sites (N-methyl/N-ethyl adjacent to an activating group) is 1. The Bertz CT molecular complexity index is 2010. The Hall–Kier alpha value is -4.87. The van der Waals surface area contributed by atoms with E-state index >= 15 is 0 Å². The van der Waals surface area contributed by atoms with Crippen LogP contribution in [0.3, 0.4) is 0 Å². The molecule has 3 aromatic rings. The molecule has 6 atom stereocenters. The molecule has 4 N–H and O–H groups in total. The number of amides is 6. The molecule has 5 rings (SSSR count). The molecule has 0 unspecified atom stereocenters. The van der Waals surface area contributed by atoms with Crippen LogP contribution in [0, 0.1) is 10.8 Å².